The average Bonchev–Trinajstić information content (AvgIpc) is 3.38. The van der Waals surface area contributed by atoms with Gasteiger partial charge in [0.1, 0.15) is 18.0 Å². The number of likely N-dealkylation sites (tertiary alicyclic amines) is 1. The van der Waals surface area contributed by atoms with Crippen LogP contribution < -0.4 is 9.80 Å². The fraction of sp³-hybridized carbons (Fsp3) is 0.789. The van der Waals surface area contributed by atoms with Crippen molar-refractivity contribution in [2.24, 2.45) is 5.92 Å². The molecule has 132 valence electrons. The van der Waals surface area contributed by atoms with Crippen molar-refractivity contribution in [1.82, 2.24) is 14.9 Å². The van der Waals surface area contributed by atoms with Crippen molar-refractivity contribution < 1.29 is 0 Å². The monoisotopic (exact) mass is 329 g/mol. The summed E-state index contributed by atoms with van der Waals surface area (Å²) in [4.78, 5) is 16.4. The molecular formula is C19H31N5. The third kappa shape index (κ3) is 3.51. The van der Waals surface area contributed by atoms with Crippen LogP contribution in [-0.4, -0.2) is 60.7 Å². The number of hydrogen-bond acceptors (Lipinski definition) is 5. The lowest BCUT2D eigenvalue weighted by Crippen LogP contribution is -2.47. The van der Waals surface area contributed by atoms with E-state index in [9.17, 15) is 0 Å². The summed E-state index contributed by atoms with van der Waals surface area (Å²) in [6, 6.07) is 3.53. The molecule has 1 aromatic heterocycles. The van der Waals surface area contributed by atoms with Gasteiger partial charge in [0.05, 0.1) is 0 Å². The Labute approximate surface area is 146 Å². The highest BCUT2D eigenvalue weighted by molar-refractivity contribution is 5.51. The van der Waals surface area contributed by atoms with E-state index in [1.165, 1.54) is 64.6 Å². The van der Waals surface area contributed by atoms with Crippen molar-refractivity contribution in [2.45, 2.75) is 57.0 Å². The topological polar surface area (TPSA) is 35.5 Å². The van der Waals surface area contributed by atoms with Crippen LogP contribution in [-0.2, 0) is 0 Å². The summed E-state index contributed by atoms with van der Waals surface area (Å²) in [5.74, 6) is 3.13. The Morgan fingerprint density at radius 1 is 0.958 bits per heavy atom. The van der Waals surface area contributed by atoms with E-state index < -0.39 is 0 Å². The number of nitrogens with zero attached hydrogens (tertiary/aromatic N) is 5. The van der Waals surface area contributed by atoms with E-state index in [0.29, 0.717) is 12.1 Å². The van der Waals surface area contributed by atoms with Crippen LogP contribution in [0.3, 0.4) is 0 Å². The quantitative estimate of drug-likeness (QED) is 0.802. The summed E-state index contributed by atoms with van der Waals surface area (Å²) in [7, 11) is 4.10. The first-order valence-electron chi connectivity index (χ1n) is 9.71. The minimum Gasteiger partial charge on any atom is -0.363 e. The van der Waals surface area contributed by atoms with Gasteiger partial charge in [-0.1, -0.05) is 6.42 Å². The molecule has 0 amide bonds. The highest BCUT2D eigenvalue weighted by Gasteiger charge is 2.37. The maximum absolute atomic E-state index is 4.62. The highest BCUT2D eigenvalue weighted by atomic mass is 15.3. The van der Waals surface area contributed by atoms with Crippen LogP contribution in [0.15, 0.2) is 12.4 Å². The molecule has 24 heavy (non-hydrogen) atoms. The van der Waals surface area contributed by atoms with E-state index in [0.717, 1.165) is 17.6 Å². The van der Waals surface area contributed by atoms with Gasteiger partial charge in [0, 0.05) is 51.9 Å². The molecule has 0 radical (unpaired) electrons. The van der Waals surface area contributed by atoms with Gasteiger partial charge in [-0.2, -0.15) is 0 Å². The van der Waals surface area contributed by atoms with Gasteiger partial charge >= 0.3 is 0 Å². The number of hydrogen-bond donors (Lipinski definition) is 0. The van der Waals surface area contributed by atoms with E-state index in [-0.39, 0.29) is 0 Å². The fourth-order valence-electron chi connectivity index (χ4n) is 4.17. The van der Waals surface area contributed by atoms with Crippen molar-refractivity contribution in [3.63, 3.8) is 0 Å². The maximum Gasteiger partial charge on any atom is 0.134 e. The molecule has 3 fully saturated rings. The molecule has 2 saturated carbocycles. The number of anilines is 2. The van der Waals surface area contributed by atoms with Gasteiger partial charge in [-0.25, -0.2) is 9.97 Å². The van der Waals surface area contributed by atoms with Crippen molar-refractivity contribution in [1.29, 1.82) is 0 Å². The highest BCUT2D eigenvalue weighted by Crippen LogP contribution is 2.36. The smallest absolute Gasteiger partial charge is 0.134 e. The molecule has 0 N–H and O–H groups in total. The molecule has 1 saturated heterocycles. The van der Waals surface area contributed by atoms with Gasteiger partial charge in [0.25, 0.3) is 0 Å². The van der Waals surface area contributed by atoms with Gasteiger partial charge in [0.2, 0.25) is 0 Å². The summed E-state index contributed by atoms with van der Waals surface area (Å²) < 4.78 is 0. The Morgan fingerprint density at radius 3 is 2.21 bits per heavy atom. The summed E-state index contributed by atoms with van der Waals surface area (Å²) in [5.41, 5.74) is 0. The summed E-state index contributed by atoms with van der Waals surface area (Å²) >= 11 is 0. The Hall–Kier alpha value is -1.36. The molecular weight excluding hydrogens is 298 g/mol. The molecule has 0 aromatic carbocycles. The second kappa shape index (κ2) is 6.87. The SMILES string of the molecule is CN(C)c1cc(N(C2CC2)C2CCN(CC3CCC3)CC2)ncn1. The molecule has 4 rings (SSSR count). The first-order valence-corrected chi connectivity index (χ1v) is 9.71. The normalized spacial score (nSPS) is 23.1. The second-order valence-corrected chi connectivity index (χ2v) is 8.10. The van der Waals surface area contributed by atoms with Gasteiger partial charge in [-0.15, -0.1) is 0 Å². The standard InChI is InChI=1S/C19H31N5/c1-22(2)18-12-19(21-14-20-18)24(16-6-7-16)17-8-10-23(11-9-17)13-15-4-3-5-15/h12,14-17H,3-11,13H2,1-2H3. The molecule has 0 bridgehead atoms. The zero-order chi connectivity index (χ0) is 16.5. The van der Waals surface area contributed by atoms with E-state index in [2.05, 4.69) is 30.7 Å². The molecule has 3 aliphatic rings. The van der Waals surface area contributed by atoms with Crippen LogP contribution in [0.4, 0.5) is 11.6 Å². The lowest BCUT2D eigenvalue weighted by Gasteiger charge is -2.41. The number of aromatic nitrogens is 2. The van der Waals surface area contributed by atoms with Crippen LogP contribution in [0.5, 0.6) is 0 Å². The summed E-state index contributed by atoms with van der Waals surface area (Å²) in [5, 5.41) is 0. The van der Waals surface area contributed by atoms with Crippen LogP contribution in [0, 0.1) is 5.92 Å². The van der Waals surface area contributed by atoms with E-state index in [1.54, 1.807) is 6.33 Å². The molecule has 1 aliphatic heterocycles. The Kier molecular flexibility index (Phi) is 4.61. The van der Waals surface area contributed by atoms with Crippen molar-refractivity contribution in [3.05, 3.63) is 12.4 Å². The Morgan fingerprint density at radius 2 is 1.62 bits per heavy atom. The third-order valence-electron chi connectivity index (χ3n) is 5.99. The predicted molar refractivity (Wildman–Crippen MR) is 98.7 cm³/mol. The number of rotatable bonds is 6. The van der Waals surface area contributed by atoms with Crippen molar-refractivity contribution in [3.8, 4) is 0 Å². The number of piperidine rings is 1. The van der Waals surface area contributed by atoms with E-state index in [1.807, 2.05) is 14.1 Å². The molecule has 0 atom stereocenters. The zero-order valence-corrected chi connectivity index (χ0v) is 15.2. The van der Waals surface area contributed by atoms with Crippen LogP contribution in [0.1, 0.15) is 44.9 Å². The lowest BCUT2D eigenvalue weighted by molar-refractivity contribution is 0.145. The molecule has 5 nitrogen and oxygen atoms in total. The maximum atomic E-state index is 4.62. The third-order valence-corrected chi connectivity index (χ3v) is 5.99. The van der Waals surface area contributed by atoms with E-state index in [4.69, 9.17) is 0 Å². The molecule has 2 heterocycles. The minimum absolute atomic E-state index is 0.653. The Balaban J connectivity index is 1.41. The Bertz CT molecular complexity index is 544. The van der Waals surface area contributed by atoms with Crippen molar-refractivity contribution in [2.75, 3.05) is 43.5 Å². The molecule has 0 unspecified atom stereocenters. The van der Waals surface area contributed by atoms with Crippen molar-refractivity contribution >= 4 is 11.6 Å². The lowest BCUT2D eigenvalue weighted by atomic mass is 9.84. The first-order chi connectivity index (χ1) is 11.7. The van der Waals surface area contributed by atoms with Gasteiger partial charge < -0.3 is 14.7 Å². The summed E-state index contributed by atoms with van der Waals surface area (Å²) in [6.07, 6.45) is 11.3. The van der Waals surface area contributed by atoms with E-state index >= 15 is 0 Å². The fourth-order valence-corrected chi connectivity index (χ4v) is 4.17. The largest absolute Gasteiger partial charge is 0.363 e. The van der Waals surface area contributed by atoms with Crippen LogP contribution in [0.2, 0.25) is 0 Å². The molecule has 2 aliphatic carbocycles. The van der Waals surface area contributed by atoms with Gasteiger partial charge in [-0.05, 0) is 44.4 Å². The van der Waals surface area contributed by atoms with Crippen LogP contribution >= 0.6 is 0 Å². The van der Waals surface area contributed by atoms with Gasteiger partial charge in [-0.3, -0.25) is 0 Å². The average molecular weight is 329 g/mol. The first kappa shape index (κ1) is 16.1. The zero-order valence-electron chi connectivity index (χ0n) is 15.2. The predicted octanol–water partition coefficient (Wildman–Crippen LogP) is 2.78. The van der Waals surface area contributed by atoms with Gasteiger partial charge in [0.15, 0.2) is 0 Å². The molecule has 0 spiro atoms. The molecule has 1 aromatic rings. The molecule has 5 heteroatoms. The second-order valence-electron chi connectivity index (χ2n) is 8.10. The summed E-state index contributed by atoms with van der Waals surface area (Å²) in [6.45, 7) is 3.86. The minimum atomic E-state index is 0.653. The van der Waals surface area contributed by atoms with Crippen LogP contribution in [0.25, 0.3) is 0 Å².